The molecule has 0 aromatic carbocycles. The van der Waals surface area contributed by atoms with E-state index in [4.69, 9.17) is 0 Å². The summed E-state index contributed by atoms with van der Waals surface area (Å²) < 4.78 is 18.0. The topological polar surface area (TPSA) is 105 Å². The lowest BCUT2D eigenvalue weighted by Crippen LogP contribution is -2.35. The second-order valence-electron chi connectivity index (χ2n) is 3.82. The van der Waals surface area contributed by atoms with Crippen LogP contribution in [0.4, 0.5) is 0 Å². The van der Waals surface area contributed by atoms with Crippen LogP contribution in [-0.4, -0.2) is 52.3 Å². The Balaban J connectivity index is 5.26. The molecule has 2 atom stereocenters. The lowest BCUT2D eigenvalue weighted by Gasteiger charge is -2.21. The standard InChI is InChI=1S/C12H18O8/c1-17-9(13)5-7(11(15)19-3)8(12(16)20-4)6-10(14)18-2/h7-8H,5-6H2,1-4H3/t7-,8-/m1/s1. The van der Waals surface area contributed by atoms with E-state index >= 15 is 0 Å². The molecule has 0 unspecified atom stereocenters. The van der Waals surface area contributed by atoms with Gasteiger partial charge in [-0.25, -0.2) is 0 Å². The van der Waals surface area contributed by atoms with E-state index in [1.54, 1.807) is 0 Å². The number of methoxy groups -OCH3 is 4. The summed E-state index contributed by atoms with van der Waals surface area (Å²) in [7, 11) is 4.51. The van der Waals surface area contributed by atoms with Crippen LogP contribution in [0.2, 0.25) is 0 Å². The SMILES string of the molecule is COC(=O)C[C@@H](C(=O)OC)[C@@H](CC(=O)OC)C(=O)OC. The van der Waals surface area contributed by atoms with E-state index in [0.29, 0.717) is 0 Å². The zero-order chi connectivity index (χ0) is 15.7. The molecule has 20 heavy (non-hydrogen) atoms. The molecule has 0 N–H and O–H groups in total. The first-order valence-electron chi connectivity index (χ1n) is 5.70. The van der Waals surface area contributed by atoms with Gasteiger partial charge >= 0.3 is 23.9 Å². The molecule has 0 aromatic rings. The van der Waals surface area contributed by atoms with Crippen LogP contribution in [0.15, 0.2) is 0 Å². The van der Waals surface area contributed by atoms with Crippen molar-refractivity contribution in [3.8, 4) is 0 Å². The van der Waals surface area contributed by atoms with Gasteiger partial charge in [-0.1, -0.05) is 0 Å². The highest BCUT2D eigenvalue weighted by atomic mass is 16.5. The Labute approximate surface area is 116 Å². The van der Waals surface area contributed by atoms with Gasteiger partial charge in [-0.05, 0) is 0 Å². The van der Waals surface area contributed by atoms with Crippen LogP contribution in [-0.2, 0) is 38.1 Å². The third-order valence-electron chi connectivity index (χ3n) is 2.72. The van der Waals surface area contributed by atoms with Gasteiger partial charge in [0, 0.05) is 0 Å². The highest BCUT2D eigenvalue weighted by Crippen LogP contribution is 2.24. The highest BCUT2D eigenvalue weighted by molar-refractivity contribution is 5.88. The van der Waals surface area contributed by atoms with Crippen molar-refractivity contribution >= 4 is 23.9 Å². The number of rotatable bonds is 7. The van der Waals surface area contributed by atoms with E-state index < -0.39 is 48.6 Å². The van der Waals surface area contributed by atoms with Crippen LogP contribution in [0.5, 0.6) is 0 Å². The zero-order valence-electron chi connectivity index (χ0n) is 11.8. The number of carbonyl (C=O) groups is 4. The Morgan fingerprint density at radius 3 is 1.15 bits per heavy atom. The number of esters is 4. The van der Waals surface area contributed by atoms with Crippen LogP contribution >= 0.6 is 0 Å². The molecule has 0 bridgehead atoms. The summed E-state index contributed by atoms with van der Waals surface area (Å²) in [5.41, 5.74) is 0. The van der Waals surface area contributed by atoms with Crippen molar-refractivity contribution in [2.75, 3.05) is 28.4 Å². The Morgan fingerprint density at radius 2 is 0.950 bits per heavy atom. The average Bonchev–Trinajstić information content (AvgIpc) is 2.48. The minimum atomic E-state index is -1.18. The fourth-order valence-electron chi connectivity index (χ4n) is 1.61. The van der Waals surface area contributed by atoms with E-state index in [9.17, 15) is 19.2 Å². The maximum atomic E-state index is 11.7. The number of carbonyl (C=O) groups excluding carboxylic acids is 4. The Morgan fingerprint density at radius 1 is 0.650 bits per heavy atom. The van der Waals surface area contributed by atoms with Gasteiger partial charge < -0.3 is 18.9 Å². The maximum absolute atomic E-state index is 11.7. The van der Waals surface area contributed by atoms with E-state index in [-0.39, 0.29) is 0 Å². The van der Waals surface area contributed by atoms with Crippen molar-refractivity contribution in [2.45, 2.75) is 12.8 Å². The first-order chi connectivity index (χ1) is 9.40. The molecule has 0 aliphatic heterocycles. The molecule has 0 spiro atoms. The molecule has 0 aromatic heterocycles. The van der Waals surface area contributed by atoms with Gasteiger partial charge in [0.2, 0.25) is 0 Å². The summed E-state index contributed by atoms with van der Waals surface area (Å²) >= 11 is 0. The Hall–Kier alpha value is -2.12. The Kier molecular flexibility index (Phi) is 7.95. The van der Waals surface area contributed by atoms with Crippen molar-refractivity contribution in [1.29, 1.82) is 0 Å². The fraction of sp³-hybridized carbons (Fsp3) is 0.667. The van der Waals surface area contributed by atoms with Crippen molar-refractivity contribution < 1.29 is 38.1 Å². The quantitative estimate of drug-likeness (QED) is 0.464. The van der Waals surface area contributed by atoms with E-state index in [1.165, 1.54) is 0 Å². The molecule has 0 aliphatic rings. The monoisotopic (exact) mass is 290 g/mol. The summed E-state index contributed by atoms with van der Waals surface area (Å²) in [5.74, 6) is -5.40. The lowest BCUT2D eigenvalue weighted by atomic mass is 9.86. The summed E-state index contributed by atoms with van der Waals surface area (Å²) in [6, 6.07) is 0. The van der Waals surface area contributed by atoms with Crippen LogP contribution < -0.4 is 0 Å². The molecule has 8 heteroatoms. The zero-order valence-corrected chi connectivity index (χ0v) is 11.8. The van der Waals surface area contributed by atoms with Crippen LogP contribution in [0.1, 0.15) is 12.8 Å². The maximum Gasteiger partial charge on any atom is 0.310 e. The largest absolute Gasteiger partial charge is 0.469 e. The van der Waals surface area contributed by atoms with E-state index in [0.717, 1.165) is 28.4 Å². The molecule has 114 valence electrons. The Bertz CT molecular complexity index is 340. The summed E-state index contributed by atoms with van der Waals surface area (Å²) in [4.78, 5) is 46.0. The molecular formula is C12H18O8. The second kappa shape index (κ2) is 8.89. The van der Waals surface area contributed by atoms with Crippen LogP contribution in [0, 0.1) is 11.8 Å². The number of hydrogen-bond donors (Lipinski definition) is 0. The smallest absolute Gasteiger partial charge is 0.310 e. The van der Waals surface area contributed by atoms with Crippen LogP contribution in [0.25, 0.3) is 0 Å². The lowest BCUT2D eigenvalue weighted by molar-refractivity contribution is -0.164. The van der Waals surface area contributed by atoms with Gasteiger partial charge in [0.1, 0.15) is 0 Å². The third kappa shape index (κ3) is 5.25. The van der Waals surface area contributed by atoms with Gasteiger partial charge in [-0.2, -0.15) is 0 Å². The molecule has 0 heterocycles. The van der Waals surface area contributed by atoms with Gasteiger partial charge in [-0.3, -0.25) is 19.2 Å². The molecule has 8 nitrogen and oxygen atoms in total. The molecule has 0 radical (unpaired) electrons. The van der Waals surface area contributed by atoms with Gasteiger partial charge in [-0.15, -0.1) is 0 Å². The van der Waals surface area contributed by atoms with Crippen molar-refractivity contribution in [3.63, 3.8) is 0 Å². The molecule has 0 saturated carbocycles. The predicted octanol–water partition coefficient (Wildman–Crippen LogP) is -0.309. The van der Waals surface area contributed by atoms with E-state index in [2.05, 4.69) is 18.9 Å². The summed E-state index contributed by atoms with van der Waals surface area (Å²) in [5, 5.41) is 0. The van der Waals surface area contributed by atoms with E-state index in [1.807, 2.05) is 0 Å². The molecule has 0 fully saturated rings. The van der Waals surface area contributed by atoms with Crippen molar-refractivity contribution in [3.05, 3.63) is 0 Å². The fourth-order valence-corrected chi connectivity index (χ4v) is 1.61. The minimum Gasteiger partial charge on any atom is -0.469 e. The summed E-state index contributed by atoms with van der Waals surface area (Å²) in [6.07, 6.45) is -0.806. The predicted molar refractivity (Wildman–Crippen MR) is 64.3 cm³/mol. The average molecular weight is 290 g/mol. The van der Waals surface area contributed by atoms with Crippen molar-refractivity contribution in [2.24, 2.45) is 11.8 Å². The minimum absolute atomic E-state index is 0.403. The summed E-state index contributed by atoms with van der Waals surface area (Å²) in [6.45, 7) is 0. The molecule has 0 aliphatic carbocycles. The van der Waals surface area contributed by atoms with Gasteiger partial charge in [0.05, 0.1) is 53.1 Å². The first kappa shape index (κ1) is 17.9. The first-order valence-corrected chi connectivity index (χ1v) is 5.70. The molecule has 0 amide bonds. The van der Waals surface area contributed by atoms with Gasteiger partial charge in [0.25, 0.3) is 0 Å². The normalized spacial score (nSPS) is 12.8. The van der Waals surface area contributed by atoms with Crippen LogP contribution in [0.3, 0.4) is 0 Å². The molecule has 0 saturated heterocycles. The molecular weight excluding hydrogens is 272 g/mol. The highest BCUT2D eigenvalue weighted by Gasteiger charge is 2.39. The number of ether oxygens (including phenoxy) is 4. The van der Waals surface area contributed by atoms with Crippen molar-refractivity contribution in [1.82, 2.24) is 0 Å². The number of hydrogen-bond acceptors (Lipinski definition) is 8. The van der Waals surface area contributed by atoms with Gasteiger partial charge in [0.15, 0.2) is 0 Å². The molecule has 0 rings (SSSR count). The second-order valence-corrected chi connectivity index (χ2v) is 3.82. The third-order valence-corrected chi connectivity index (χ3v) is 2.72.